The highest BCUT2D eigenvalue weighted by molar-refractivity contribution is 7.89. The largest absolute Gasteiger partial charge is 0.396 e. The third kappa shape index (κ3) is 3.18. The quantitative estimate of drug-likeness (QED) is 0.787. The molecule has 0 aromatic heterocycles. The van der Waals surface area contributed by atoms with Crippen molar-refractivity contribution >= 4 is 21.6 Å². The molecular formula is C10H14ClNO3S. The SMILES string of the molecule is Cc1c(Cl)cccc1S(=O)(=O)NCCCO. The summed E-state index contributed by atoms with van der Waals surface area (Å²) in [5.74, 6) is 0. The van der Waals surface area contributed by atoms with Crippen molar-refractivity contribution in [1.82, 2.24) is 4.72 Å². The lowest BCUT2D eigenvalue weighted by Crippen LogP contribution is -2.26. The monoisotopic (exact) mass is 263 g/mol. The molecule has 16 heavy (non-hydrogen) atoms. The van der Waals surface area contributed by atoms with E-state index in [1.165, 1.54) is 6.07 Å². The molecule has 1 aromatic carbocycles. The maximum atomic E-state index is 11.8. The zero-order chi connectivity index (χ0) is 12.2. The lowest BCUT2D eigenvalue weighted by Gasteiger charge is -2.09. The molecular weight excluding hydrogens is 250 g/mol. The van der Waals surface area contributed by atoms with Gasteiger partial charge in [0.15, 0.2) is 0 Å². The van der Waals surface area contributed by atoms with E-state index in [0.29, 0.717) is 17.0 Å². The molecule has 4 nitrogen and oxygen atoms in total. The number of benzene rings is 1. The minimum Gasteiger partial charge on any atom is -0.396 e. The third-order valence-corrected chi connectivity index (χ3v) is 4.15. The zero-order valence-electron chi connectivity index (χ0n) is 8.90. The van der Waals surface area contributed by atoms with Gasteiger partial charge in [0.2, 0.25) is 10.0 Å². The van der Waals surface area contributed by atoms with Gasteiger partial charge in [-0.05, 0) is 31.0 Å². The van der Waals surface area contributed by atoms with Gasteiger partial charge in [0, 0.05) is 18.2 Å². The van der Waals surface area contributed by atoms with Crippen LogP contribution in [0.25, 0.3) is 0 Å². The Bertz CT molecular complexity index is 459. The van der Waals surface area contributed by atoms with Crippen molar-refractivity contribution in [3.63, 3.8) is 0 Å². The number of aliphatic hydroxyl groups is 1. The van der Waals surface area contributed by atoms with E-state index >= 15 is 0 Å². The van der Waals surface area contributed by atoms with Crippen molar-refractivity contribution < 1.29 is 13.5 Å². The van der Waals surface area contributed by atoms with Gasteiger partial charge in [0.25, 0.3) is 0 Å². The minimum absolute atomic E-state index is 0.0446. The molecule has 1 aromatic rings. The summed E-state index contributed by atoms with van der Waals surface area (Å²) in [7, 11) is -3.53. The number of sulfonamides is 1. The molecule has 0 saturated carbocycles. The van der Waals surface area contributed by atoms with Gasteiger partial charge in [-0.1, -0.05) is 17.7 Å². The number of aliphatic hydroxyl groups excluding tert-OH is 1. The molecule has 0 bridgehead atoms. The first kappa shape index (κ1) is 13.4. The fourth-order valence-electron chi connectivity index (χ4n) is 1.24. The summed E-state index contributed by atoms with van der Waals surface area (Å²) < 4.78 is 26.1. The molecule has 0 amide bonds. The molecule has 0 unspecified atom stereocenters. The molecule has 0 fully saturated rings. The maximum Gasteiger partial charge on any atom is 0.240 e. The normalized spacial score (nSPS) is 11.7. The average Bonchev–Trinajstić information content (AvgIpc) is 2.22. The molecule has 0 aliphatic carbocycles. The van der Waals surface area contributed by atoms with Crippen LogP contribution in [0.15, 0.2) is 23.1 Å². The Morgan fingerprint density at radius 2 is 2.12 bits per heavy atom. The van der Waals surface area contributed by atoms with Crippen LogP contribution in [-0.4, -0.2) is 26.7 Å². The molecule has 0 atom stereocenters. The second kappa shape index (κ2) is 5.63. The maximum absolute atomic E-state index is 11.8. The van der Waals surface area contributed by atoms with Gasteiger partial charge in [-0.2, -0.15) is 0 Å². The van der Waals surface area contributed by atoms with E-state index in [0.717, 1.165) is 0 Å². The van der Waals surface area contributed by atoms with Crippen LogP contribution in [0.3, 0.4) is 0 Å². The smallest absolute Gasteiger partial charge is 0.240 e. The van der Waals surface area contributed by atoms with Gasteiger partial charge in [-0.15, -0.1) is 0 Å². The molecule has 0 aliphatic heterocycles. The first-order valence-electron chi connectivity index (χ1n) is 4.84. The predicted molar refractivity (Wildman–Crippen MR) is 63.1 cm³/mol. The Labute approximate surface area is 100 Å². The van der Waals surface area contributed by atoms with Gasteiger partial charge in [0.05, 0.1) is 4.90 Å². The van der Waals surface area contributed by atoms with E-state index in [2.05, 4.69) is 4.72 Å². The van der Waals surface area contributed by atoms with E-state index in [4.69, 9.17) is 16.7 Å². The summed E-state index contributed by atoms with van der Waals surface area (Å²) in [4.78, 5) is 0.179. The van der Waals surface area contributed by atoms with Crippen molar-refractivity contribution in [3.05, 3.63) is 28.8 Å². The number of nitrogens with one attached hydrogen (secondary N) is 1. The number of halogens is 1. The average molecular weight is 264 g/mol. The Morgan fingerprint density at radius 3 is 2.75 bits per heavy atom. The number of hydrogen-bond donors (Lipinski definition) is 2. The zero-order valence-corrected chi connectivity index (χ0v) is 10.5. The predicted octanol–water partition coefficient (Wildman–Crippen LogP) is 1.31. The Kier molecular flexibility index (Phi) is 4.73. The second-order valence-corrected chi connectivity index (χ2v) is 5.48. The molecule has 0 heterocycles. The van der Waals surface area contributed by atoms with Crippen LogP contribution in [0.4, 0.5) is 0 Å². The minimum atomic E-state index is -3.53. The summed E-state index contributed by atoms with van der Waals surface area (Å²) >= 11 is 5.85. The van der Waals surface area contributed by atoms with Crippen LogP contribution < -0.4 is 4.72 Å². The highest BCUT2D eigenvalue weighted by Gasteiger charge is 2.16. The summed E-state index contributed by atoms with van der Waals surface area (Å²) in [5, 5.41) is 9.00. The molecule has 2 N–H and O–H groups in total. The fourth-order valence-corrected chi connectivity index (χ4v) is 2.81. The summed E-state index contributed by atoms with van der Waals surface area (Å²) in [5.41, 5.74) is 0.528. The van der Waals surface area contributed by atoms with Crippen molar-refractivity contribution in [3.8, 4) is 0 Å². The first-order valence-corrected chi connectivity index (χ1v) is 6.71. The Balaban J connectivity index is 2.94. The van der Waals surface area contributed by atoms with Gasteiger partial charge < -0.3 is 5.11 Å². The summed E-state index contributed by atoms with van der Waals surface area (Å²) in [6, 6.07) is 4.74. The van der Waals surface area contributed by atoms with Crippen LogP contribution in [-0.2, 0) is 10.0 Å². The van der Waals surface area contributed by atoms with Crippen LogP contribution >= 0.6 is 11.6 Å². The van der Waals surface area contributed by atoms with Crippen LogP contribution in [0.5, 0.6) is 0 Å². The number of rotatable bonds is 5. The van der Waals surface area contributed by atoms with Gasteiger partial charge >= 0.3 is 0 Å². The molecule has 0 radical (unpaired) electrons. The standard InChI is InChI=1S/C10H14ClNO3S/c1-8-9(11)4-2-5-10(8)16(14,15)12-6-3-7-13/h2,4-5,12-13H,3,6-7H2,1H3. The van der Waals surface area contributed by atoms with E-state index < -0.39 is 10.0 Å². The lowest BCUT2D eigenvalue weighted by molar-refractivity contribution is 0.289. The molecule has 0 spiro atoms. The van der Waals surface area contributed by atoms with E-state index in [1.54, 1.807) is 19.1 Å². The molecule has 1 rings (SSSR count). The number of hydrogen-bond acceptors (Lipinski definition) is 3. The van der Waals surface area contributed by atoms with Crippen LogP contribution in [0.1, 0.15) is 12.0 Å². The highest BCUT2D eigenvalue weighted by Crippen LogP contribution is 2.22. The second-order valence-electron chi connectivity index (χ2n) is 3.34. The van der Waals surface area contributed by atoms with E-state index in [1.807, 2.05) is 0 Å². The van der Waals surface area contributed by atoms with Gasteiger partial charge in [-0.25, -0.2) is 13.1 Å². The third-order valence-electron chi connectivity index (χ3n) is 2.13. The summed E-state index contributed by atoms with van der Waals surface area (Å²) in [6.07, 6.45) is 0.388. The highest BCUT2D eigenvalue weighted by atomic mass is 35.5. The summed E-state index contributed by atoms with van der Waals surface area (Å²) in [6.45, 7) is 1.82. The fraction of sp³-hybridized carbons (Fsp3) is 0.400. The van der Waals surface area contributed by atoms with Crippen molar-refractivity contribution in [1.29, 1.82) is 0 Å². The lowest BCUT2D eigenvalue weighted by atomic mass is 10.2. The molecule has 90 valence electrons. The van der Waals surface area contributed by atoms with Crippen LogP contribution in [0.2, 0.25) is 5.02 Å². The van der Waals surface area contributed by atoms with E-state index in [-0.39, 0.29) is 18.0 Å². The Hall–Kier alpha value is -0.620. The molecule has 0 aliphatic rings. The first-order chi connectivity index (χ1) is 7.49. The van der Waals surface area contributed by atoms with Crippen molar-refractivity contribution in [2.75, 3.05) is 13.2 Å². The molecule has 6 heteroatoms. The van der Waals surface area contributed by atoms with Crippen molar-refractivity contribution in [2.45, 2.75) is 18.2 Å². The Morgan fingerprint density at radius 1 is 1.44 bits per heavy atom. The van der Waals surface area contributed by atoms with E-state index in [9.17, 15) is 8.42 Å². The topological polar surface area (TPSA) is 66.4 Å². The van der Waals surface area contributed by atoms with Crippen molar-refractivity contribution in [2.24, 2.45) is 0 Å². The van der Waals surface area contributed by atoms with Gasteiger partial charge in [-0.3, -0.25) is 0 Å². The van der Waals surface area contributed by atoms with Crippen LogP contribution in [0, 0.1) is 6.92 Å². The molecule has 0 saturated heterocycles. The van der Waals surface area contributed by atoms with Gasteiger partial charge in [0.1, 0.15) is 0 Å².